The Balaban J connectivity index is 1.35. The van der Waals surface area contributed by atoms with Crippen LogP contribution in [0.25, 0.3) is 5.82 Å². The molecule has 1 aliphatic rings. The Morgan fingerprint density at radius 2 is 1.76 bits per heavy atom. The topological polar surface area (TPSA) is 123 Å². The number of nitrogens with zero attached hydrogens (tertiary/aromatic N) is 8. The van der Waals surface area contributed by atoms with Crippen LogP contribution in [0.4, 0.5) is 11.5 Å². The summed E-state index contributed by atoms with van der Waals surface area (Å²) >= 11 is 0. The molecule has 11 nitrogen and oxygen atoms in total. The van der Waals surface area contributed by atoms with Crippen molar-refractivity contribution in [2.24, 2.45) is 0 Å². The molecule has 148 valence electrons. The van der Waals surface area contributed by atoms with E-state index in [1.54, 1.807) is 28.0 Å². The minimum atomic E-state index is -0.452. The molecule has 0 N–H and O–H groups in total. The van der Waals surface area contributed by atoms with Crippen molar-refractivity contribution in [1.29, 1.82) is 0 Å². The maximum Gasteiger partial charge on any atom is 0.269 e. The van der Waals surface area contributed by atoms with Gasteiger partial charge in [0.2, 0.25) is 5.91 Å². The number of non-ortho nitro benzene ring substituents is 1. The second kappa shape index (κ2) is 8.00. The minimum Gasteiger partial charge on any atom is -0.353 e. The largest absolute Gasteiger partial charge is 0.353 e. The van der Waals surface area contributed by atoms with Crippen molar-refractivity contribution in [1.82, 2.24) is 29.6 Å². The van der Waals surface area contributed by atoms with Gasteiger partial charge in [0.25, 0.3) is 5.69 Å². The second-order valence-electron chi connectivity index (χ2n) is 6.54. The van der Waals surface area contributed by atoms with Gasteiger partial charge in [-0.15, -0.1) is 0 Å². The summed E-state index contributed by atoms with van der Waals surface area (Å²) in [4.78, 5) is 39.2. The number of rotatable bonds is 5. The standard InChI is InChI=1S/C18H18N8O3/c27-18(9-14-1-3-15(4-2-14)26(28)29)24-7-5-23(6-8-24)16-10-17(21-12-20-16)25-13-19-11-22-25/h1-4,10-13H,5-9H2. The van der Waals surface area contributed by atoms with Crippen LogP contribution in [0, 0.1) is 10.1 Å². The molecule has 3 heterocycles. The molecule has 2 aromatic heterocycles. The van der Waals surface area contributed by atoms with Crippen LogP contribution >= 0.6 is 0 Å². The van der Waals surface area contributed by atoms with E-state index in [1.165, 1.54) is 24.8 Å². The minimum absolute atomic E-state index is 0.00416. The van der Waals surface area contributed by atoms with E-state index < -0.39 is 4.92 Å². The molecule has 0 bridgehead atoms. The molecule has 1 aliphatic heterocycles. The number of piperazine rings is 1. The number of nitro groups is 1. The van der Waals surface area contributed by atoms with Crippen LogP contribution in [0.5, 0.6) is 0 Å². The smallest absolute Gasteiger partial charge is 0.269 e. The van der Waals surface area contributed by atoms with Gasteiger partial charge in [-0.1, -0.05) is 12.1 Å². The van der Waals surface area contributed by atoms with Gasteiger partial charge in [0.05, 0.1) is 11.3 Å². The van der Waals surface area contributed by atoms with E-state index in [1.807, 2.05) is 6.07 Å². The second-order valence-corrected chi connectivity index (χ2v) is 6.54. The molecule has 0 radical (unpaired) electrons. The molecular formula is C18H18N8O3. The first-order chi connectivity index (χ1) is 14.1. The SMILES string of the molecule is O=C(Cc1ccc([N+](=O)[O-])cc1)N1CCN(c2cc(-n3cncn3)ncn2)CC1. The van der Waals surface area contributed by atoms with Crippen LogP contribution in [-0.4, -0.2) is 66.6 Å². The highest BCUT2D eigenvalue weighted by atomic mass is 16.6. The number of hydrogen-bond donors (Lipinski definition) is 0. The molecule has 4 rings (SSSR count). The average molecular weight is 394 g/mol. The summed E-state index contributed by atoms with van der Waals surface area (Å²) in [5.74, 6) is 1.40. The lowest BCUT2D eigenvalue weighted by molar-refractivity contribution is -0.384. The third-order valence-corrected chi connectivity index (χ3v) is 4.75. The fraction of sp³-hybridized carbons (Fsp3) is 0.278. The van der Waals surface area contributed by atoms with Crippen molar-refractivity contribution in [3.8, 4) is 5.82 Å². The first-order valence-corrected chi connectivity index (χ1v) is 9.03. The molecule has 3 aromatic rings. The molecule has 29 heavy (non-hydrogen) atoms. The quantitative estimate of drug-likeness (QED) is 0.461. The summed E-state index contributed by atoms with van der Waals surface area (Å²) < 4.78 is 1.56. The maximum absolute atomic E-state index is 12.6. The molecule has 11 heteroatoms. The molecule has 1 amide bonds. The fourth-order valence-electron chi connectivity index (χ4n) is 3.17. The fourth-order valence-corrected chi connectivity index (χ4v) is 3.17. The van der Waals surface area contributed by atoms with E-state index in [9.17, 15) is 14.9 Å². The molecule has 0 aliphatic carbocycles. The first kappa shape index (κ1) is 18.5. The van der Waals surface area contributed by atoms with Gasteiger partial charge in [0.1, 0.15) is 24.8 Å². The van der Waals surface area contributed by atoms with E-state index in [2.05, 4.69) is 25.0 Å². The van der Waals surface area contributed by atoms with Gasteiger partial charge in [-0.3, -0.25) is 14.9 Å². The van der Waals surface area contributed by atoms with E-state index in [0.717, 1.165) is 11.4 Å². The maximum atomic E-state index is 12.6. The number of carbonyl (C=O) groups excluding carboxylic acids is 1. The Bertz CT molecular complexity index is 998. The zero-order valence-corrected chi connectivity index (χ0v) is 15.5. The molecule has 0 atom stereocenters. The van der Waals surface area contributed by atoms with Gasteiger partial charge < -0.3 is 9.80 Å². The number of amides is 1. The van der Waals surface area contributed by atoms with E-state index in [0.29, 0.717) is 32.0 Å². The third kappa shape index (κ3) is 4.18. The van der Waals surface area contributed by atoms with E-state index in [4.69, 9.17) is 0 Å². The molecule has 1 fully saturated rings. The highest BCUT2D eigenvalue weighted by Crippen LogP contribution is 2.17. The molecule has 1 aromatic carbocycles. The normalized spacial score (nSPS) is 14.1. The lowest BCUT2D eigenvalue weighted by Crippen LogP contribution is -2.49. The monoisotopic (exact) mass is 394 g/mol. The van der Waals surface area contributed by atoms with Crippen LogP contribution in [0.3, 0.4) is 0 Å². The molecular weight excluding hydrogens is 376 g/mol. The zero-order chi connectivity index (χ0) is 20.2. The number of hydrogen-bond acceptors (Lipinski definition) is 8. The first-order valence-electron chi connectivity index (χ1n) is 9.03. The van der Waals surface area contributed by atoms with Gasteiger partial charge in [-0.2, -0.15) is 5.10 Å². The highest BCUT2D eigenvalue weighted by Gasteiger charge is 2.22. The molecule has 1 saturated heterocycles. The lowest BCUT2D eigenvalue weighted by atomic mass is 10.1. The van der Waals surface area contributed by atoms with Crippen molar-refractivity contribution in [2.45, 2.75) is 6.42 Å². The van der Waals surface area contributed by atoms with Gasteiger partial charge in [-0.05, 0) is 5.56 Å². The van der Waals surface area contributed by atoms with Gasteiger partial charge >= 0.3 is 0 Å². The van der Waals surface area contributed by atoms with Crippen LogP contribution in [0.2, 0.25) is 0 Å². The number of nitro benzene ring substituents is 1. The van der Waals surface area contributed by atoms with E-state index in [-0.39, 0.29) is 18.0 Å². The average Bonchev–Trinajstić information content (AvgIpc) is 3.29. The third-order valence-electron chi connectivity index (χ3n) is 4.75. The number of aromatic nitrogens is 5. The van der Waals surface area contributed by atoms with Gasteiger partial charge in [-0.25, -0.2) is 19.6 Å². The van der Waals surface area contributed by atoms with Crippen molar-refractivity contribution in [2.75, 3.05) is 31.1 Å². The predicted octanol–water partition coefficient (Wildman–Crippen LogP) is 0.857. The Morgan fingerprint density at radius 3 is 2.41 bits per heavy atom. The number of carbonyl (C=O) groups is 1. The lowest BCUT2D eigenvalue weighted by Gasteiger charge is -2.35. The van der Waals surface area contributed by atoms with E-state index >= 15 is 0 Å². The Kier molecular flexibility index (Phi) is 5.10. The summed E-state index contributed by atoms with van der Waals surface area (Å²) in [6.07, 6.45) is 4.72. The summed E-state index contributed by atoms with van der Waals surface area (Å²) in [6, 6.07) is 7.92. The Morgan fingerprint density at radius 1 is 1.03 bits per heavy atom. The summed E-state index contributed by atoms with van der Waals surface area (Å²) in [6.45, 7) is 2.46. The van der Waals surface area contributed by atoms with Crippen molar-refractivity contribution >= 4 is 17.4 Å². The zero-order valence-electron chi connectivity index (χ0n) is 15.5. The molecule has 0 saturated carbocycles. The molecule has 0 spiro atoms. The van der Waals surface area contributed by atoms with Crippen molar-refractivity contribution in [3.05, 3.63) is 65.0 Å². The van der Waals surface area contributed by atoms with Gasteiger partial charge in [0.15, 0.2) is 5.82 Å². The Labute approximate surface area is 165 Å². The highest BCUT2D eigenvalue weighted by molar-refractivity contribution is 5.79. The summed E-state index contributed by atoms with van der Waals surface area (Å²) in [5.41, 5.74) is 0.779. The molecule has 0 unspecified atom stereocenters. The number of benzene rings is 1. The summed E-state index contributed by atoms with van der Waals surface area (Å²) in [5, 5.41) is 14.8. The van der Waals surface area contributed by atoms with Crippen molar-refractivity contribution < 1.29 is 9.72 Å². The van der Waals surface area contributed by atoms with Crippen LogP contribution in [0.15, 0.2) is 49.3 Å². The van der Waals surface area contributed by atoms with Crippen LogP contribution < -0.4 is 4.90 Å². The predicted molar refractivity (Wildman–Crippen MR) is 103 cm³/mol. The van der Waals surface area contributed by atoms with Crippen molar-refractivity contribution in [3.63, 3.8) is 0 Å². The van der Waals surface area contributed by atoms with Crippen LogP contribution in [-0.2, 0) is 11.2 Å². The summed E-state index contributed by atoms with van der Waals surface area (Å²) in [7, 11) is 0. The van der Waals surface area contributed by atoms with Gasteiger partial charge in [0, 0.05) is 44.4 Å². The Hall–Kier alpha value is -3.89. The van der Waals surface area contributed by atoms with Crippen LogP contribution in [0.1, 0.15) is 5.56 Å². The number of anilines is 1.